The number of ether oxygens (including phenoxy) is 1. The van der Waals surface area contributed by atoms with Crippen molar-refractivity contribution in [3.63, 3.8) is 0 Å². The number of nitrogens with zero attached hydrogens (tertiary/aromatic N) is 2. The Morgan fingerprint density at radius 1 is 0.951 bits per heavy atom. The fraction of sp³-hybridized carbons (Fsp3) is 0.100. The molecule has 5 nitrogen and oxygen atoms in total. The molecule has 1 aliphatic heterocycles. The van der Waals surface area contributed by atoms with Gasteiger partial charge in [-0.25, -0.2) is 4.79 Å². The Balaban J connectivity index is 1.44. The quantitative estimate of drug-likeness (QED) is 0.210. The van der Waals surface area contributed by atoms with E-state index in [0.717, 1.165) is 33.9 Å². The molecular weight excluding hydrogens is 596 g/mol. The van der Waals surface area contributed by atoms with Gasteiger partial charge in [0.15, 0.2) is 5.37 Å². The molecule has 208 valence electrons. The van der Waals surface area contributed by atoms with Gasteiger partial charge in [0, 0.05) is 11.6 Å². The van der Waals surface area contributed by atoms with E-state index < -0.39 is 17.7 Å². The van der Waals surface area contributed by atoms with Crippen molar-refractivity contribution in [2.45, 2.75) is 18.1 Å². The number of hydrogen-bond donors (Lipinski definition) is 1. The molecule has 0 aromatic heterocycles. The summed E-state index contributed by atoms with van der Waals surface area (Å²) in [6.07, 6.45) is -2.56. The summed E-state index contributed by atoms with van der Waals surface area (Å²) in [5.41, 5.74) is 1.83. The number of carboxylic acid groups (broad SMARTS) is 1. The van der Waals surface area contributed by atoms with E-state index in [4.69, 9.17) is 33.1 Å². The SMILES string of the molecule is O=C(O)c1ccc(C[N+]2=NC(c3cccc(Oc4cccc(C(F)(F)F)c4)c3)S/C2=C\c2ccc(Cl)c(Cl)c2)cc1. The van der Waals surface area contributed by atoms with Crippen LogP contribution in [0.1, 0.15) is 38.0 Å². The first kappa shape index (κ1) is 28.7. The fourth-order valence-electron chi connectivity index (χ4n) is 4.02. The number of benzene rings is 4. The van der Waals surface area contributed by atoms with E-state index in [1.807, 2.05) is 22.9 Å². The third-order valence-corrected chi connectivity index (χ3v) is 7.94. The minimum Gasteiger partial charge on any atom is -0.478 e. The largest absolute Gasteiger partial charge is 0.478 e. The molecular formula is C30H20Cl2F3N2O3S+. The monoisotopic (exact) mass is 615 g/mol. The molecule has 11 heteroatoms. The van der Waals surface area contributed by atoms with Crippen LogP contribution in [0.5, 0.6) is 11.5 Å². The van der Waals surface area contributed by atoms with Crippen LogP contribution in [0.3, 0.4) is 0 Å². The first-order valence-corrected chi connectivity index (χ1v) is 13.8. The molecule has 4 aromatic rings. The fourth-order valence-corrected chi connectivity index (χ4v) is 5.43. The lowest BCUT2D eigenvalue weighted by Gasteiger charge is -2.11. The predicted octanol–water partition coefficient (Wildman–Crippen LogP) is 9.91. The standard InChI is InChI=1S/C30H19Cl2F3N2O3S/c31-25-12-9-19(13-26(25)32)14-27-37(17-18-7-10-20(11-8-18)29(38)39)36-28(41-27)21-3-1-5-23(15-21)40-24-6-2-4-22(16-24)30(33,34)35/h1-16,28H,17H2/p+1/b27-14-. The van der Waals surface area contributed by atoms with E-state index in [9.17, 15) is 23.1 Å². The van der Waals surface area contributed by atoms with E-state index in [2.05, 4.69) is 0 Å². The van der Waals surface area contributed by atoms with Crippen molar-refractivity contribution in [3.05, 3.63) is 134 Å². The molecule has 0 fully saturated rings. The van der Waals surface area contributed by atoms with E-state index in [-0.39, 0.29) is 16.7 Å². The molecule has 5 rings (SSSR count). The Hall–Kier alpha value is -3.79. The van der Waals surface area contributed by atoms with Crippen LogP contribution in [-0.4, -0.2) is 15.8 Å². The number of thioether (sulfide) groups is 1. The highest BCUT2D eigenvalue weighted by Crippen LogP contribution is 2.45. The number of carbonyl (C=O) groups is 1. The molecule has 1 unspecified atom stereocenters. The predicted molar refractivity (Wildman–Crippen MR) is 153 cm³/mol. The molecule has 41 heavy (non-hydrogen) atoms. The van der Waals surface area contributed by atoms with Gasteiger partial charge in [-0.15, -0.1) is 0 Å². The van der Waals surface area contributed by atoms with Crippen LogP contribution >= 0.6 is 35.0 Å². The van der Waals surface area contributed by atoms with Crippen LogP contribution in [0.15, 0.2) is 101 Å². The molecule has 0 saturated heterocycles. The molecule has 1 aliphatic rings. The number of halogens is 5. The highest BCUT2D eigenvalue weighted by Gasteiger charge is 2.34. The molecule has 4 aromatic carbocycles. The molecule has 1 atom stereocenters. The van der Waals surface area contributed by atoms with Gasteiger partial charge in [-0.05, 0) is 82.6 Å². The number of alkyl halides is 3. The van der Waals surface area contributed by atoms with Crippen molar-refractivity contribution < 1.29 is 32.5 Å². The van der Waals surface area contributed by atoms with Crippen LogP contribution in [0.25, 0.3) is 6.08 Å². The summed E-state index contributed by atoms with van der Waals surface area (Å²) in [7, 11) is 0. The van der Waals surface area contributed by atoms with Crippen LogP contribution in [-0.2, 0) is 12.7 Å². The second-order valence-electron chi connectivity index (χ2n) is 9.00. The molecule has 0 spiro atoms. The zero-order valence-electron chi connectivity index (χ0n) is 21.0. The smallest absolute Gasteiger partial charge is 0.416 e. The van der Waals surface area contributed by atoms with Crippen LogP contribution < -0.4 is 4.74 Å². The molecule has 1 N–H and O–H groups in total. The number of hydrogen-bond acceptors (Lipinski definition) is 4. The van der Waals surface area contributed by atoms with Gasteiger partial charge < -0.3 is 9.84 Å². The Morgan fingerprint density at radius 2 is 1.66 bits per heavy atom. The van der Waals surface area contributed by atoms with Gasteiger partial charge in [-0.2, -0.15) is 13.2 Å². The summed E-state index contributed by atoms with van der Waals surface area (Å²) < 4.78 is 47.0. The van der Waals surface area contributed by atoms with Gasteiger partial charge in [-0.1, -0.05) is 64.3 Å². The number of aromatic carboxylic acids is 1. The molecule has 0 saturated carbocycles. The van der Waals surface area contributed by atoms with Crippen LogP contribution in [0.4, 0.5) is 13.2 Å². The number of carboxylic acids is 1. The van der Waals surface area contributed by atoms with Gasteiger partial charge in [0.1, 0.15) is 11.5 Å². The number of azo groups is 2. The zero-order chi connectivity index (χ0) is 29.1. The van der Waals surface area contributed by atoms with Crippen molar-refractivity contribution in [2.75, 3.05) is 0 Å². The Bertz CT molecular complexity index is 1670. The van der Waals surface area contributed by atoms with Crippen molar-refractivity contribution in [3.8, 4) is 11.5 Å². The summed E-state index contributed by atoms with van der Waals surface area (Å²) in [4.78, 5) is 11.2. The van der Waals surface area contributed by atoms with Crippen LogP contribution in [0, 0.1) is 0 Å². The van der Waals surface area contributed by atoms with Gasteiger partial charge >= 0.3 is 12.1 Å². The first-order chi connectivity index (χ1) is 19.5. The summed E-state index contributed by atoms with van der Waals surface area (Å²) >= 11 is 13.8. The van der Waals surface area contributed by atoms with E-state index >= 15 is 0 Å². The van der Waals surface area contributed by atoms with Gasteiger partial charge in [0.25, 0.3) is 5.03 Å². The maximum atomic E-state index is 13.1. The third-order valence-electron chi connectivity index (χ3n) is 6.04. The average molecular weight is 616 g/mol. The van der Waals surface area contributed by atoms with Crippen LogP contribution in [0.2, 0.25) is 10.0 Å². The lowest BCUT2D eigenvalue weighted by Crippen LogP contribution is -2.04. The molecule has 0 bridgehead atoms. The Morgan fingerprint density at radius 3 is 2.34 bits per heavy atom. The summed E-state index contributed by atoms with van der Waals surface area (Å²) in [5.74, 6) is -0.569. The van der Waals surface area contributed by atoms with Crippen molar-refractivity contribution >= 4 is 47.0 Å². The summed E-state index contributed by atoms with van der Waals surface area (Å²) in [6, 6.07) is 23.5. The van der Waals surface area contributed by atoms with Gasteiger partial charge in [0.2, 0.25) is 6.54 Å². The van der Waals surface area contributed by atoms with E-state index in [1.54, 1.807) is 42.5 Å². The second kappa shape index (κ2) is 12.0. The number of rotatable bonds is 7. The van der Waals surface area contributed by atoms with Gasteiger partial charge in [0.05, 0.1) is 21.2 Å². The third kappa shape index (κ3) is 7.11. The lowest BCUT2D eigenvalue weighted by atomic mass is 10.1. The maximum absolute atomic E-state index is 13.1. The van der Waals surface area contributed by atoms with Crippen molar-refractivity contribution in [1.29, 1.82) is 0 Å². The normalized spacial score (nSPS) is 16.1. The highest BCUT2D eigenvalue weighted by atomic mass is 35.5. The highest BCUT2D eigenvalue weighted by molar-refractivity contribution is 8.03. The lowest BCUT2D eigenvalue weighted by molar-refractivity contribution is -0.547. The van der Waals surface area contributed by atoms with Crippen molar-refractivity contribution in [2.24, 2.45) is 5.11 Å². The van der Waals surface area contributed by atoms with Gasteiger partial charge in [-0.3, -0.25) is 0 Å². The second-order valence-corrected chi connectivity index (χ2v) is 10.9. The molecule has 1 heterocycles. The zero-order valence-corrected chi connectivity index (χ0v) is 23.3. The summed E-state index contributed by atoms with van der Waals surface area (Å²) in [6.45, 7) is 0.372. The van der Waals surface area contributed by atoms with Crippen molar-refractivity contribution in [1.82, 2.24) is 0 Å². The average Bonchev–Trinajstić information content (AvgIpc) is 3.33. The Kier molecular flexibility index (Phi) is 8.40. The summed E-state index contributed by atoms with van der Waals surface area (Å²) in [5, 5.41) is 15.4. The van der Waals surface area contributed by atoms with E-state index in [0.29, 0.717) is 22.3 Å². The maximum Gasteiger partial charge on any atom is 0.416 e. The Labute approximate surface area is 247 Å². The van der Waals surface area contributed by atoms with E-state index in [1.165, 1.54) is 36.0 Å². The molecule has 0 radical (unpaired) electrons. The topological polar surface area (TPSA) is 61.9 Å². The molecule has 0 aliphatic carbocycles. The molecule has 0 amide bonds. The first-order valence-electron chi connectivity index (χ1n) is 12.1. The minimum absolute atomic E-state index is 0.0691. The minimum atomic E-state index is -4.48.